The fourth-order valence-electron chi connectivity index (χ4n) is 3.64. The van der Waals surface area contributed by atoms with Crippen molar-refractivity contribution in [2.75, 3.05) is 7.11 Å². The molecule has 116 valence electrons. The highest BCUT2D eigenvalue weighted by atomic mass is 16.5. The molecule has 2 bridgehead atoms. The molecule has 22 heavy (non-hydrogen) atoms. The predicted molar refractivity (Wildman–Crippen MR) is 90.0 cm³/mol. The lowest BCUT2D eigenvalue weighted by molar-refractivity contribution is 0.395. The number of phenolic OH excluding ortho intramolecular Hbond substituents is 1. The summed E-state index contributed by atoms with van der Waals surface area (Å²) in [6, 6.07) is 10.6. The summed E-state index contributed by atoms with van der Waals surface area (Å²) < 4.78 is 5.56. The maximum Gasteiger partial charge on any atom is 0.126 e. The highest BCUT2D eigenvalue weighted by Gasteiger charge is 2.23. The molecule has 0 saturated heterocycles. The van der Waals surface area contributed by atoms with Gasteiger partial charge in [-0.15, -0.1) is 0 Å². The summed E-state index contributed by atoms with van der Waals surface area (Å²) in [6.45, 7) is 4.32. The number of aromatic hydroxyl groups is 1. The maximum absolute atomic E-state index is 10.2. The van der Waals surface area contributed by atoms with Crippen LogP contribution in [0.5, 0.6) is 11.5 Å². The van der Waals surface area contributed by atoms with E-state index in [9.17, 15) is 5.11 Å². The Hall–Kier alpha value is -1.96. The van der Waals surface area contributed by atoms with Crippen molar-refractivity contribution >= 4 is 0 Å². The predicted octanol–water partition coefficient (Wildman–Crippen LogP) is 4.88. The number of methoxy groups -OCH3 is 1. The lowest BCUT2D eigenvalue weighted by Crippen LogP contribution is -2.09. The Balaban J connectivity index is 2.15. The number of phenols is 1. The van der Waals surface area contributed by atoms with Gasteiger partial charge in [0.05, 0.1) is 7.11 Å². The van der Waals surface area contributed by atoms with Crippen molar-refractivity contribution in [2.45, 2.75) is 45.4 Å². The third-order valence-electron chi connectivity index (χ3n) is 4.80. The molecule has 0 aromatic heterocycles. The van der Waals surface area contributed by atoms with Crippen molar-refractivity contribution in [3.8, 4) is 11.5 Å². The van der Waals surface area contributed by atoms with Crippen LogP contribution in [0.2, 0.25) is 0 Å². The molecular weight excluding hydrogens is 272 g/mol. The van der Waals surface area contributed by atoms with Crippen LogP contribution in [0.4, 0.5) is 0 Å². The topological polar surface area (TPSA) is 29.5 Å². The van der Waals surface area contributed by atoms with Crippen molar-refractivity contribution < 1.29 is 9.84 Å². The molecule has 2 heteroatoms. The van der Waals surface area contributed by atoms with Crippen LogP contribution in [0.3, 0.4) is 0 Å². The van der Waals surface area contributed by atoms with Gasteiger partial charge >= 0.3 is 0 Å². The Morgan fingerprint density at radius 1 is 1.05 bits per heavy atom. The summed E-state index contributed by atoms with van der Waals surface area (Å²) in [5.41, 5.74) is 6.27. The van der Waals surface area contributed by atoms with Crippen LogP contribution >= 0.6 is 0 Å². The van der Waals surface area contributed by atoms with Crippen molar-refractivity contribution in [3.05, 3.63) is 58.1 Å². The summed E-state index contributed by atoms with van der Waals surface area (Å²) in [7, 11) is 1.68. The molecule has 0 heterocycles. The van der Waals surface area contributed by atoms with Crippen molar-refractivity contribution in [1.29, 1.82) is 0 Å². The fraction of sp³-hybridized carbons (Fsp3) is 0.400. The summed E-state index contributed by atoms with van der Waals surface area (Å²) in [6.07, 6.45) is 4.37. The van der Waals surface area contributed by atoms with E-state index in [1.165, 1.54) is 28.7 Å². The maximum atomic E-state index is 10.2. The molecule has 1 aliphatic rings. The van der Waals surface area contributed by atoms with Crippen molar-refractivity contribution in [2.24, 2.45) is 0 Å². The smallest absolute Gasteiger partial charge is 0.126 e. The van der Waals surface area contributed by atoms with Gasteiger partial charge in [-0.1, -0.05) is 30.2 Å². The highest BCUT2D eigenvalue weighted by Crippen LogP contribution is 2.42. The molecule has 2 aromatic rings. The molecule has 0 amide bonds. The van der Waals surface area contributed by atoms with E-state index in [0.29, 0.717) is 11.7 Å². The minimum Gasteiger partial charge on any atom is -0.508 e. The molecule has 3 rings (SSSR count). The van der Waals surface area contributed by atoms with Gasteiger partial charge in [-0.2, -0.15) is 0 Å². The van der Waals surface area contributed by atoms with Gasteiger partial charge in [-0.25, -0.2) is 0 Å². The Morgan fingerprint density at radius 2 is 1.86 bits per heavy atom. The monoisotopic (exact) mass is 296 g/mol. The normalized spacial score (nSPS) is 17.7. The Kier molecular flexibility index (Phi) is 4.10. The van der Waals surface area contributed by atoms with Gasteiger partial charge in [0, 0.05) is 17.5 Å². The van der Waals surface area contributed by atoms with Gasteiger partial charge in [-0.05, 0) is 55.9 Å². The number of fused-ring (bicyclic) bond motifs is 2. The number of hydrogen-bond donors (Lipinski definition) is 1. The molecule has 2 nitrogen and oxygen atoms in total. The second-order valence-electron chi connectivity index (χ2n) is 6.38. The molecule has 0 saturated carbocycles. The second kappa shape index (κ2) is 6.04. The minimum absolute atomic E-state index is 0.343. The molecule has 0 fully saturated rings. The Morgan fingerprint density at radius 3 is 2.59 bits per heavy atom. The van der Waals surface area contributed by atoms with Gasteiger partial charge in [0.15, 0.2) is 0 Å². The molecule has 0 aliphatic heterocycles. The summed E-state index contributed by atoms with van der Waals surface area (Å²) in [5.74, 6) is 1.50. The average molecular weight is 296 g/mol. The largest absolute Gasteiger partial charge is 0.508 e. The van der Waals surface area contributed by atoms with E-state index in [4.69, 9.17) is 4.74 Å². The first kappa shape index (κ1) is 15.0. The molecule has 1 unspecified atom stereocenters. The standard InChI is InChI=1S/C20H24O2/c1-13-8-9-16(14(2)10-13)17-7-5-4-6-15-11-18(17)20(22-3)12-19(15)21/h8-12,17,21H,4-7H2,1-3H3. The van der Waals surface area contributed by atoms with Crippen LogP contribution in [0.25, 0.3) is 0 Å². The van der Waals surface area contributed by atoms with Crippen LogP contribution in [0.1, 0.15) is 53.0 Å². The van der Waals surface area contributed by atoms with E-state index in [-0.39, 0.29) is 0 Å². The zero-order valence-corrected chi connectivity index (χ0v) is 13.6. The Labute approximate surface area is 132 Å². The first-order chi connectivity index (χ1) is 10.6. The minimum atomic E-state index is 0.343. The molecule has 1 atom stereocenters. The third-order valence-corrected chi connectivity index (χ3v) is 4.80. The molecule has 1 N–H and O–H groups in total. The van der Waals surface area contributed by atoms with Crippen LogP contribution in [0, 0.1) is 13.8 Å². The van der Waals surface area contributed by atoms with Crippen molar-refractivity contribution in [3.63, 3.8) is 0 Å². The van der Waals surface area contributed by atoms with E-state index >= 15 is 0 Å². The van der Waals surface area contributed by atoms with Gasteiger partial charge in [0.2, 0.25) is 0 Å². The van der Waals surface area contributed by atoms with E-state index in [1.807, 2.05) is 0 Å². The van der Waals surface area contributed by atoms with Gasteiger partial charge in [-0.3, -0.25) is 0 Å². The van der Waals surface area contributed by atoms with Crippen LogP contribution in [0.15, 0.2) is 30.3 Å². The highest BCUT2D eigenvalue weighted by molar-refractivity contribution is 5.52. The number of aryl methyl sites for hydroxylation is 3. The lowest BCUT2D eigenvalue weighted by Gasteiger charge is -2.25. The fourth-order valence-corrected chi connectivity index (χ4v) is 3.64. The van der Waals surface area contributed by atoms with E-state index in [2.05, 4.69) is 38.1 Å². The van der Waals surface area contributed by atoms with E-state index in [0.717, 1.165) is 30.6 Å². The second-order valence-corrected chi connectivity index (χ2v) is 6.38. The average Bonchev–Trinajstić information content (AvgIpc) is 2.47. The number of rotatable bonds is 2. The Bertz CT molecular complexity index is 688. The molecule has 2 aromatic carbocycles. The number of benzene rings is 2. The number of ether oxygens (including phenoxy) is 1. The molecule has 0 radical (unpaired) electrons. The lowest BCUT2D eigenvalue weighted by atomic mass is 9.81. The number of hydrogen-bond acceptors (Lipinski definition) is 2. The summed E-state index contributed by atoms with van der Waals surface area (Å²) in [4.78, 5) is 0. The van der Waals surface area contributed by atoms with Crippen LogP contribution < -0.4 is 4.74 Å². The SMILES string of the molecule is COc1cc(O)c2cc1C(c1ccc(C)cc1C)CCCC2. The molecule has 1 aliphatic carbocycles. The van der Waals surface area contributed by atoms with E-state index in [1.54, 1.807) is 13.2 Å². The van der Waals surface area contributed by atoms with Crippen molar-refractivity contribution in [1.82, 2.24) is 0 Å². The summed E-state index contributed by atoms with van der Waals surface area (Å²) >= 11 is 0. The quantitative estimate of drug-likeness (QED) is 0.856. The molecular formula is C20H24O2. The van der Waals surface area contributed by atoms with Gasteiger partial charge < -0.3 is 9.84 Å². The van der Waals surface area contributed by atoms with E-state index < -0.39 is 0 Å². The van der Waals surface area contributed by atoms with Gasteiger partial charge in [0.1, 0.15) is 11.5 Å². The zero-order chi connectivity index (χ0) is 15.7. The van der Waals surface area contributed by atoms with Gasteiger partial charge in [0.25, 0.3) is 0 Å². The summed E-state index contributed by atoms with van der Waals surface area (Å²) in [5, 5.41) is 10.2. The van der Waals surface area contributed by atoms with Crippen LogP contribution in [-0.2, 0) is 6.42 Å². The first-order valence-corrected chi connectivity index (χ1v) is 8.07. The first-order valence-electron chi connectivity index (χ1n) is 8.07. The molecule has 0 spiro atoms. The van der Waals surface area contributed by atoms with Crippen LogP contribution in [-0.4, -0.2) is 12.2 Å². The zero-order valence-electron chi connectivity index (χ0n) is 13.6. The third kappa shape index (κ3) is 2.70.